The number of aromatic nitrogens is 2. The van der Waals surface area contributed by atoms with Gasteiger partial charge >= 0.3 is 0 Å². The molecule has 1 amide bonds. The van der Waals surface area contributed by atoms with Crippen molar-refractivity contribution in [2.24, 2.45) is 17.8 Å². The Morgan fingerprint density at radius 1 is 1.22 bits per heavy atom. The summed E-state index contributed by atoms with van der Waals surface area (Å²) in [6.07, 6.45) is 11.0. The van der Waals surface area contributed by atoms with Gasteiger partial charge in [0.1, 0.15) is 11.4 Å². The first-order chi connectivity index (χ1) is 13.1. The molecule has 1 atom stereocenters. The van der Waals surface area contributed by atoms with Crippen LogP contribution in [0.2, 0.25) is 0 Å². The molecule has 5 aliphatic rings. The van der Waals surface area contributed by atoms with Crippen molar-refractivity contribution in [1.82, 2.24) is 14.9 Å². The van der Waals surface area contributed by atoms with Crippen LogP contribution in [0.25, 0.3) is 0 Å². The van der Waals surface area contributed by atoms with Crippen LogP contribution in [0.1, 0.15) is 67.5 Å². The molecule has 4 aliphatic carbocycles. The molecule has 6 heteroatoms. The van der Waals surface area contributed by atoms with Crippen LogP contribution < -0.4 is 5.56 Å². The number of piperidine rings is 1. The number of ether oxygens (including phenoxy) is 1. The monoisotopic (exact) mass is 371 g/mol. The molecule has 2 heterocycles. The average Bonchev–Trinajstić information content (AvgIpc) is 2.66. The maximum atomic E-state index is 12.9. The van der Waals surface area contributed by atoms with Crippen molar-refractivity contribution in [3.63, 3.8) is 0 Å². The van der Waals surface area contributed by atoms with Crippen LogP contribution in [-0.4, -0.2) is 47.1 Å². The molecule has 5 fully saturated rings. The number of hydrogen-bond donors (Lipinski definition) is 1. The third-order valence-corrected chi connectivity index (χ3v) is 7.57. The van der Waals surface area contributed by atoms with Gasteiger partial charge in [-0.05, 0) is 69.1 Å². The number of nitrogens with one attached hydrogen (secondary N) is 1. The van der Waals surface area contributed by atoms with Gasteiger partial charge in [-0.15, -0.1) is 0 Å². The number of H-pyrrole nitrogens is 1. The Hall–Kier alpha value is -1.69. The highest BCUT2D eigenvalue weighted by Gasteiger charge is 2.53. The predicted octanol–water partition coefficient (Wildman–Crippen LogP) is 2.49. The average molecular weight is 371 g/mol. The van der Waals surface area contributed by atoms with E-state index in [0.29, 0.717) is 13.1 Å². The first kappa shape index (κ1) is 17.4. The van der Waals surface area contributed by atoms with Gasteiger partial charge in [0, 0.05) is 31.8 Å². The summed E-state index contributed by atoms with van der Waals surface area (Å²) < 4.78 is 5.40. The van der Waals surface area contributed by atoms with E-state index in [-0.39, 0.29) is 28.5 Å². The molecule has 1 aliphatic heterocycles. The molecule has 0 aromatic carbocycles. The largest absolute Gasteiger partial charge is 0.380 e. The van der Waals surface area contributed by atoms with Crippen LogP contribution in [0.3, 0.4) is 0 Å². The number of carbonyl (C=O) groups excluding carboxylic acids is 1. The number of aromatic amines is 1. The van der Waals surface area contributed by atoms with E-state index in [4.69, 9.17) is 4.74 Å². The standard InChI is InChI=1S/C21H29N3O3/c1-27-16-3-2-4-24(12-16)19(26)17-11-22-20(23-18(17)25)21-8-13-5-14(9-21)7-15(6-13)10-21/h11,13-16H,2-10,12H2,1H3,(H,22,23,25). The second-order valence-electron chi connectivity index (χ2n) is 9.42. The summed E-state index contributed by atoms with van der Waals surface area (Å²) in [4.78, 5) is 35.1. The Balaban J connectivity index is 1.40. The second-order valence-corrected chi connectivity index (χ2v) is 9.42. The minimum atomic E-state index is -0.278. The van der Waals surface area contributed by atoms with E-state index in [2.05, 4.69) is 9.97 Å². The highest BCUT2D eigenvalue weighted by Crippen LogP contribution is 2.59. The second kappa shape index (κ2) is 6.43. The van der Waals surface area contributed by atoms with Crippen molar-refractivity contribution < 1.29 is 9.53 Å². The molecule has 1 saturated heterocycles. The third-order valence-electron chi connectivity index (χ3n) is 7.57. The quantitative estimate of drug-likeness (QED) is 0.886. The topological polar surface area (TPSA) is 75.3 Å². The van der Waals surface area contributed by atoms with E-state index in [1.807, 2.05) is 0 Å². The number of rotatable bonds is 3. The molecule has 4 bridgehead atoms. The van der Waals surface area contributed by atoms with E-state index < -0.39 is 0 Å². The molecule has 1 aromatic rings. The van der Waals surface area contributed by atoms with Gasteiger partial charge < -0.3 is 14.6 Å². The van der Waals surface area contributed by atoms with Crippen molar-refractivity contribution in [2.45, 2.75) is 62.9 Å². The maximum absolute atomic E-state index is 12.9. The molecule has 27 heavy (non-hydrogen) atoms. The van der Waals surface area contributed by atoms with Crippen molar-refractivity contribution in [3.8, 4) is 0 Å². The molecule has 1 aromatic heterocycles. The highest BCUT2D eigenvalue weighted by molar-refractivity contribution is 5.93. The third kappa shape index (κ3) is 2.93. The highest BCUT2D eigenvalue weighted by atomic mass is 16.5. The van der Waals surface area contributed by atoms with Crippen LogP contribution in [0.15, 0.2) is 11.0 Å². The lowest BCUT2D eigenvalue weighted by Crippen LogP contribution is -2.50. The summed E-state index contributed by atoms with van der Waals surface area (Å²) in [6.45, 7) is 1.22. The maximum Gasteiger partial charge on any atom is 0.263 e. The SMILES string of the molecule is COC1CCCN(C(=O)c2cnc(C34CC5CC(CC(C5)C3)C4)[nH]c2=O)C1. The van der Waals surface area contributed by atoms with Crippen molar-refractivity contribution >= 4 is 5.91 Å². The molecule has 146 valence electrons. The van der Waals surface area contributed by atoms with Gasteiger partial charge in [-0.2, -0.15) is 0 Å². The summed E-state index contributed by atoms with van der Waals surface area (Å²) in [5.74, 6) is 2.99. The van der Waals surface area contributed by atoms with Crippen molar-refractivity contribution in [1.29, 1.82) is 0 Å². The smallest absolute Gasteiger partial charge is 0.263 e. The molecule has 6 rings (SSSR count). The lowest BCUT2D eigenvalue weighted by Gasteiger charge is -2.56. The number of nitrogens with zero attached hydrogens (tertiary/aromatic N) is 2. The van der Waals surface area contributed by atoms with Crippen LogP contribution in [-0.2, 0) is 10.2 Å². The zero-order valence-electron chi connectivity index (χ0n) is 16.1. The summed E-state index contributed by atoms with van der Waals surface area (Å²) in [6, 6.07) is 0. The summed E-state index contributed by atoms with van der Waals surface area (Å²) in [7, 11) is 1.67. The van der Waals surface area contributed by atoms with Gasteiger partial charge in [0.25, 0.3) is 11.5 Å². The molecular formula is C21H29N3O3. The van der Waals surface area contributed by atoms with Gasteiger partial charge in [-0.1, -0.05) is 0 Å². The van der Waals surface area contributed by atoms with E-state index in [0.717, 1.165) is 55.7 Å². The molecule has 6 nitrogen and oxygen atoms in total. The van der Waals surface area contributed by atoms with Gasteiger partial charge in [0.2, 0.25) is 0 Å². The number of methoxy groups -OCH3 is 1. The fourth-order valence-corrected chi connectivity index (χ4v) is 6.70. The van der Waals surface area contributed by atoms with E-state index in [1.165, 1.54) is 25.5 Å². The molecular weight excluding hydrogens is 342 g/mol. The molecule has 0 spiro atoms. The van der Waals surface area contributed by atoms with Gasteiger partial charge in [0.15, 0.2) is 0 Å². The van der Waals surface area contributed by atoms with Crippen LogP contribution in [0, 0.1) is 17.8 Å². The summed E-state index contributed by atoms with van der Waals surface area (Å²) in [5, 5.41) is 0. The Bertz CT molecular complexity index is 767. The van der Waals surface area contributed by atoms with Crippen LogP contribution >= 0.6 is 0 Å². The number of likely N-dealkylation sites (tertiary alicyclic amines) is 1. The van der Waals surface area contributed by atoms with Crippen molar-refractivity contribution in [2.75, 3.05) is 20.2 Å². The van der Waals surface area contributed by atoms with Gasteiger partial charge in [-0.25, -0.2) is 4.98 Å². The number of carbonyl (C=O) groups is 1. The fraction of sp³-hybridized carbons (Fsp3) is 0.762. The minimum Gasteiger partial charge on any atom is -0.380 e. The van der Waals surface area contributed by atoms with Gasteiger partial charge in [-0.3, -0.25) is 9.59 Å². The first-order valence-corrected chi connectivity index (χ1v) is 10.5. The molecule has 1 N–H and O–H groups in total. The Morgan fingerprint density at radius 3 is 2.48 bits per heavy atom. The van der Waals surface area contributed by atoms with E-state index in [1.54, 1.807) is 12.0 Å². The van der Waals surface area contributed by atoms with Gasteiger partial charge in [0.05, 0.1) is 6.10 Å². The first-order valence-electron chi connectivity index (χ1n) is 10.5. The van der Waals surface area contributed by atoms with Crippen LogP contribution in [0.5, 0.6) is 0 Å². The normalized spacial score (nSPS) is 37.6. The predicted molar refractivity (Wildman–Crippen MR) is 101 cm³/mol. The molecule has 1 unspecified atom stereocenters. The zero-order valence-corrected chi connectivity index (χ0v) is 16.1. The summed E-state index contributed by atoms with van der Waals surface area (Å²) in [5.41, 5.74) is -0.0672. The lowest BCUT2D eigenvalue weighted by atomic mass is 9.49. The minimum absolute atomic E-state index is 0.0434. The molecule has 4 saturated carbocycles. The Morgan fingerprint density at radius 2 is 1.89 bits per heavy atom. The fourth-order valence-electron chi connectivity index (χ4n) is 6.70. The number of hydrogen-bond acceptors (Lipinski definition) is 4. The summed E-state index contributed by atoms with van der Waals surface area (Å²) >= 11 is 0. The lowest BCUT2D eigenvalue weighted by molar-refractivity contribution is -0.00956. The van der Waals surface area contributed by atoms with E-state index >= 15 is 0 Å². The molecule has 0 radical (unpaired) electrons. The zero-order chi connectivity index (χ0) is 18.6. The number of amides is 1. The Kier molecular flexibility index (Phi) is 4.15. The Labute approximate surface area is 159 Å². The van der Waals surface area contributed by atoms with Crippen LogP contribution in [0.4, 0.5) is 0 Å². The van der Waals surface area contributed by atoms with Crippen molar-refractivity contribution in [3.05, 3.63) is 27.9 Å². The van der Waals surface area contributed by atoms with E-state index in [9.17, 15) is 9.59 Å².